The van der Waals surface area contributed by atoms with Crippen molar-refractivity contribution in [2.24, 2.45) is 0 Å². The molecule has 0 saturated carbocycles. The molecule has 1 aliphatic rings. The van der Waals surface area contributed by atoms with Crippen molar-refractivity contribution in [3.63, 3.8) is 0 Å². The summed E-state index contributed by atoms with van der Waals surface area (Å²) in [6, 6.07) is 5.35. The Balaban J connectivity index is 2.05. The molecule has 1 aliphatic heterocycles. The highest BCUT2D eigenvalue weighted by Crippen LogP contribution is 2.23. The van der Waals surface area contributed by atoms with Crippen LogP contribution in [0.3, 0.4) is 0 Å². The smallest absolute Gasteiger partial charge is 0.243 e. The Morgan fingerprint density at radius 1 is 1.33 bits per heavy atom. The number of nitrogens with zero attached hydrogens (tertiary/aromatic N) is 2. The second-order valence-corrected chi connectivity index (χ2v) is 8.26. The van der Waals surface area contributed by atoms with Crippen molar-refractivity contribution in [3.8, 4) is 0 Å². The minimum absolute atomic E-state index is 0.375. The number of hydrogen-bond donors (Lipinski definition) is 1. The van der Waals surface area contributed by atoms with Crippen molar-refractivity contribution in [3.05, 3.63) is 28.2 Å². The zero-order valence-electron chi connectivity index (χ0n) is 12.5. The van der Waals surface area contributed by atoms with Gasteiger partial charge in [0.15, 0.2) is 0 Å². The first-order valence-corrected chi connectivity index (χ1v) is 9.30. The molecule has 1 aromatic rings. The van der Waals surface area contributed by atoms with Crippen LogP contribution in [0.2, 0.25) is 0 Å². The molecule has 21 heavy (non-hydrogen) atoms. The number of hydrogen-bond acceptors (Lipinski definition) is 4. The maximum absolute atomic E-state index is 12.7. The topological polar surface area (TPSA) is 52.7 Å². The molecule has 118 valence electrons. The van der Waals surface area contributed by atoms with E-state index in [1.807, 2.05) is 19.1 Å². The van der Waals surface area contributed by atoms with E-state index in [0.717, 1.165) is 42.8 Å². The fourth-order valence-electron chi connectivity index (χ4n) is 2.36. The van der Waals surface area contributed by atoms with E-state index in [2.05, 4.69) is 26.1 Å². The molecule has 1 heterocycles. The Hall–Kier alpha value is -0.470. The van der Waals surface area contributed by atoms with Crippen molar-refractivity contribution in [1.82, 2.24) is 14.5 Å². The first-order chi connectivity index (χ1) is 9.91. The van der Waals surface area contributed by atoms with E-state index in [0.29, 0.717) is 11.4 Å². The van der Waals surface area contributed by atoms with Gasteiger partial charge in [0.05, 0.1) is 4.90 Å². The van der Waals surface area contributed by atoms with Gasteiger partial charge in [-0.1, -0.05) is 22.0 Å². The van der Waals surface area contributed by atoms with Crippen LogP contribution in [-0.4, -0.2) is 63.9 Å². The second-order valence-electron chi connectivity index (χ2n) is 5.33. The van der Waals surface area contributed by atoms with Gasteiger partial charge in [0.25, 0.3) is 0 Å². The van der Waals surface area contributed by atoms with Crippen LogP contribution in [0.4, 0.5) is 0 Å². The lowest BCUT2D eigenvalue weighted by atomic mass is 10.2. The first-order valence-electron chi connectivity index (χ1n) is 7.07. The van der Waals surface area contributed by atoms with Crippen molar-refractivity contribution < 1.29 is 8.42 Å². The maximum Gasteiger partial charge on any atom is 0.243 e. The van der Waals surface area contributed by atoms with Gasteiger partial charge in [-0.3, -0.25) is 4.90 Å². The highest BCUT2D eigenvalue weighted by Gasteiger charge is 2.23. The van der Waals surface area contributed by atoms with E-state index in [9.17, 15) is 8.42 Å². The molecule has 1 N–H and O–H groups in total. The normalized spacial score (nSPS) is 17.3. The van der Waals surface area contributed by atoms with Crippen molar-refractivity contribution in [2.45, 2.75) is 11.8 Å². The van der Waals surface area contributed by atoms with Crippen molar-refractivity contribution in [2.75, 3.05) is 46.3 Å². The van der Waals surface area contributed by atoms with Gasteiger partial charge >= 0.3 is 0 Å². The van der Waals surface area contributed by atoms with Gasteiger partial charge < -0.3 is 5.32 Å². The van der Waals surface area contributed by atoms with Gasteiger partial charge in [-0.25, -0.2) is 8.42 Å². The average Bonchev–Trinajstić information content (AvgIpc) is 2.48. The fourth-order valence-corrected chi connectivity index (χ4v) is 4.28. The molecule has 1 saturated heterocycles. The summed E-state index contributed by atoms with van der Waals surface area (Å²) < 4.78 is 27.5. The number of likely N-dealkylation sites (N-methyl/N-ethyl adjacent to an activating group) is 1. The highest BCUT2D eigenvalue weighted by atomic mass is 79.9. The largest absolute Gasteiger partial charge is 0.314 e. The Morgan fingerprint density at radius 2 is 2.00 bits per heavy atom. The third kappa shape index (κ3) is 4.26. The molecule has 5 nitrogen and oxygen atoms in total. The number of piperazine rings is 1. The van der Waals surface area contributed by atoms with E-state index in [1.54, 1.807) is 13.1 Å². The average molecular weight is 376 g/mol. The maximum atomic E-state index is 12.7. The van der Waals surface area contributed by atoms with Crippen LogP contribution in [-0.2, 0) is 10.0 Å². The van der Waals surface area contributed by atoms with Crippen LogP contribution in [0.15, 0.2) is 27.6 Å². The molecule has 0 aliphatic carbocycles. The summed E-state index contributed by atoms with van der Waals surface area (Å²) in [5, 5.41) is 3.29. The Bertz CT molecular complexity index is 586. The molecule has 1 fully saturated rings. The van der Waals surface area contributed by atoms with Gasteiger partial charge in [-0.15, -0.1) is 0 Å². The lowest BCUT2D eigenvalue weighted by Crippen LogP contribution is -2.46. The summed E-state index contributed by atoms with van der Waals surface area (Å²) in [6.45, 7) is 7.00. The van der Waals surface area contributed by atoms with E-state index in [1.165, 1.54) is 4.31 Å². The van der Waals surface area contributed by atoms with Crippen LogP contribution in [0.25, 0.3) is 0 Å². The summed E-state index contributed by atoms with van der Waals surface area (Å²) in [5.74, 6) is 0. The minimum atomic E-state index is -3.43. The van der Waals surface area contributed by atoms with Gasteiger partial charge in [-0.2, -0.15) is 4.31 Å². The number of rotatable bonds is 5. The molecule has 7 heteroatoms. The van der Waals surface area contributed by atoms with E-state index in [-0.39, 0.29) is 0 Å². The Kier molecular flexibility index (Phi) is 5.79. The molecule has 0 radical (unpaired) electrons. The summed E-state index contributed by atoms with van der Waals surface area (Å²) in [6.07, 6.45) is 0. The van der Waals surface area contributed by atoms with Gasteiger partial charge in [0.1, 0.15) is 0 Å². The van der Waals surface area contributed by atoms with Crippen LogP contribution in [0, 0.1) is 6.92 Å². The third-order valence-corrected chi connectivity index (χ3v) is 6.27. The molecule has 0 aromatic heterocycles. The van der Waals surface area contributed by atoms with Crippen molar-refractivity contribution >= 4 is 26.0 Å². The number of sulfonamides is 1. The quantitative estimate of drug-likeness (QED) is 0.842. The summed E-state index contributed by atoms with van der Waals surface area (Å²) in [7, 11) is -1.78. The summed E-state index contributed by atoms with van der Waals surface area (Å²) >= 11 is 3.34. The Morgan fingerprint density at radius 3 is 2.67 bits per heavy atom. The van der Waals surface area contributed by atoms with Crippen LogP contribution < -0.4 is 5.32 Å². The van der Waals surface area contributed by atoms with E-state index < -0.39 is 10.0 Å². The lowest BCUT2D eigenvalue weighted by Gasteiger charge is -2.29. The zero-order valence-corrected chi connectivity index (χ0v) is 14.9. The first kappa shape index (κ1) is 16.9. The number of nitrogens with one attached hydrogen (secondary N) is 1. The molecule has 0 amide bonds. The number of benzene rings is 1. The molecule has 1 aromatic carbocycles. The van der Waals surface area contributed by atoms with Gasteiger partial charge in [0.2, 0.25) is 10.0 Å². The second kappa shape index (κ2) is 7.19. The van der Waals surface area contributed by atoms with Crippen LogP contribution >= 0.6 is 15.9 Å². The standard InChI is InChI=1S/C14H22BrN3O2S/c1-12-3-4-13(15)11-14(12)21(19,20)17(2)9-10-18-7-5-16-6-8-18/h3-4,11,16H,5-10H2,1-2H3. The Labute approximate surface area is 135 Å². The monoisotopic (exact) mass is 375 g/mol. The third-order valence-electron chi connectivity index (χ3n) is 3.78. The highest BCUT2D eigenvalue weighted by molar-refractivity contribution is 9.10. The number of aryl methyl sites for hydroxylation is 1. The molecular weight excluding hydrogens is 354 g/mol. The molecule has 0 unspecified atom stereocenters. The summed E-state index contributed by atoms with van der Waals surface area (Å²) in [4.78, 5) is 2.66. The van der Waals surface area contributed by atoms with Crippen LogP contribution in [0.1, 0.15) is 5.56 Å². The lowest BCUT2D eigenvalue weighted by molar-refractivity contribution is 0.229. The van der Waals surface area contributed by atoms with Gasteiger partial charge in [-0.05, 0) is 24.6 Å². The van der Waals surface area contributed by atoms with Gasteiger partial charge in [0, 0.05) is 50.8 Å². The predicted octanol–water partition coefficient (Wildman–Crippen LogP) is 1.28. The van der Waals surface area contributed by atoms with Crippen LogP contribution in [0.5, 0.6) is 0 Å². The van der Waals surface area contributed by atoms with E-state index in [4.69, 9.17) is 0 Å². The number of halogens is 1. The summed E-state index contributed by atoms with van der Waals surface area (Å²) in [5.41, 5.74) is 0.771. The molecule has 0 bridgehead atoms. The SMILES string of the molecule is Cc1ccc(Br)cc1S(=O)(=O)N(C)CCN1CCNCC1. The zero-order chi connectivity index (χ0) is 15.5. The molecule has 0 atom stereocenters. The van der Waals surface area contributed by atoms with Crippen molar-refractivity contribution in [1.29, 1.82) is 0 Å². The molecule has 2 rings (SSSR count). The molecular formula is C14H22BrN3O2S. The predicted molar refractivity (Wildman–Crippen MR) is 88.0 cm³/mol. The fraction of sp³-hybridized carbons (Fsp3) is 0.571. The minimum Gasteiger partial charge on any atom is -0.314 e. The molecule has 0 spiro atoms. The van der Waals surface area contributed by atoms with E-state index >= 15 is 0 Å².